The summed E-state index contributed by atoms with van der Waals surface area (Å²) in [6, 6.07) is 7.75. The van der Waals surface area contributed by atoms with Crippen molar-refractivity contribution in [2.75, 3.05) is 35.2 Å². The van der Waals surface area contributed by atoms with Crippen LogP contribution in [0.15, 0.2) is 30.6 Å². The molecule has 2 rings (SSSR count). The number of carbonyl (C=O) groups is 1. The van der Waals surface area contributed by atoms with Crippen molar-refractivity contribution in [3.8, 4) is 0 Å². The number of hydrogen-bond acceptors (Lipinski definition) is 5. The van der Waals surface area contributed by atoms with E-state index in [1.807, 2.05) is 19.1 Å². The minimum Gasteiger partial charge on any atom is -0.372 e. The Kier molecular flexibility index (Phi) is 6.95. The number of carbonyl (C=O) groups excluding carboxylic acids is 1. The molecule has 0 radical (unpaired) electrons. The molecule has 1 aromatic carbocycles. The smallest absolute Gasteiger partial charge is 0.274 e. The van der Waals surface area contributed by atoms with Gasteiger partial charge in [0.25, 0.3) is 5.91 Å². The summed E-state index contributed by atoms with van der Waals surface area (Å²) in [5.74, 6) is 0.917. The zero-order valence-electron chi connectivity index (χ0n) is 16.3. The highest BCUT2D eigenvalue weighted by Crippen LogP contribution is 2.23. The SMILES string of the molecule is CCN(CC)c1ccc(NC(=O)c2cc(NCC(C)C)ncn2)c(C)c1. The lowest BCUT2D eigenvalue weighted by molar-refractivity contribution is 0.102. The molecule has 0 spiro atoms. The lowest BCUT2D eigenvalue weighted by atomic mass is 10.1. The lowest BCUT2D eigenvalue weighted by Crippen LogP contribution is -2.22. The number of benzene rings is 1. The summed E-state index contributed by atoms with van der Waals surface area (Å²) in [6.07, 6.45) is 1.41. The van der Waals surface area contributed by atoms with Crippen molar-refractivity contribution in [2.24, 2.45) is 5.92 Å². The van der Waals surface area contributed by atoms with Crippen LogP contribution < -0.4 is 15.5 Å². The van der Waals surface area contributed by atoms with Crippen molar-refractivity contribution in [3.63, 3.8) is 0 Å². The molecule has 26 heavy (non-hydrogen) atoms. The van der Waals surface area contributed by atoms with E-state index in [9.17, 15) is 4.79 Å². The Labute approximate surface area is 156 Å². The van der Waals surface area contributed by atoms with E-state index in [1.54, 1.807) is 6.07 Å². The van der Waals surface area contributed by atoms with Gasteiger partial charge in [-0.2, -0.15) is 0 Å². The minimum absolute atomic E-state index is 0.237. The normalized spacial score (nSPS) is 10.7. The Morgan fingerprint density at radius 2 is 1.88 bits per heavy atom. The molecule has 1 heterocycles. The Morgan fingerprint density at radius 1 is 1.15 bits per heavy atom. The number of anilines is 3. The van der Waals surface area contributed by atoms with E-state index in [0.717, 1.165) is 36.6 Å². The summed E-state index contributed by atoms with van der Waals surface area (Å²) in [5.41, 5.74) is 3.32. The Bertz CT molecular complexity index is 741. The van der Waals surface area contributed by atoms with E-state index < -0.39 is 0 Å². The topological polar surface area (TPSA) is 70.2 Å². The molecular formula is C20H29N5O. The lowest BCUT2D eigenvalue weighted by Gasteiger charge is -2.22. The molecular weight excluding hydrogens is 326 g/mol. The highest BCUT2D eigenvalue weighted by atomic mass is 16.1. The summed E-state index contributed by atoms with van der Waals surface area (Å²) in [5, 5.41) is 6.16. The molecule has 0 saturated heterocycles. The first kappa shape index (κ1) is 19.7. The van der Waals surface area contributed by atoms with Crippen LogP contribution in [0.25, 0.3) is 0 Å². The van der Waals surface area contributed by atoms with Crippen molar-refractivity contribution in [2.45, 2.75) is 34.6 Å². The van der Waals surface area contributed by atoms with E-state index in [2.05, 4.69) is 59.3 Å². The second-order valence-electron chi connectivity index (χ2n) is 6.69. The maximum atomic E-state index is 12.5. The molecule has 0 unspecified atom stereocenters. The van der Waals surface area contributed by atoms with Gasteiger partial charge in [0.05, 0.1) is 0 Å². The molecule has 6 nitrogen and oxygen atoms in total. The summed E-state index contributed by atoms with van der Waals surface area (Å²) in [6.45, 7) is 13.2. The number of nitrogens with zero attached hydrogens (tertiary/aromatic N) is 3. The van der Waals surface area contributed by atoms with Crippen LogP contribution in [-0.4, -0.2) is 35.5 Å². The van der Waals surface area contributed by atoms with E-state index in [1.165, 1.54) is 6.33 Å². The van der Waals surface area contributed by atoms with Crippen LogP contribution in [0.2, 0.25) is 0 Å². The average molecular weight is 355 g/mol. The van der Waals surface area contributed by atoms with E-state index in [0.29, 0.717) is 17.4 Å². The molecule has 0 bridgehead atoms. The largest absolute Gasteiger partial charge is 0.372 e. The number of nitrogens with one attached hydrogen (secondary N) is 2. The van der Waals surface area contributed by atoms with Gasteiger partial charge in [-0.25, -0.2) is 9.97 Å². The van der Waals surface area contributed by atoms with Gasteiger partial charge in [0.2, 0.25) is 0 Å². The second-order valence-corrected chi connectivity index (χ2v) is 6.69. The molecule has 0 atom stereocenters. The third-order valence-corrected chi connectivity index (χ3v) is 4.18. The number of rotatable bonds is 8. The molecule has 0 fully saturated rings. The van der Waals surface area contributed by atoms with E-state index in [4.69, 9.17) is 0 Å². The molecule has 6 heteroatoms. The van der Waals surface area contributed by atoms with Crippen LogP contribution in [0.3, 0.4) is 0 Å². The number of aromatic nitrogens is 2. The number of hydrogen-bond donors (Lipinski definition) is 2. The van der Waals surface area contributed by atoms with Gasteiger partial charge >= 0.3 is 0 Å². The van der Waals surface area contributed by atoms with Crippen LogP contribution in [0.5, 0.6) is 0 Å². The predicted molar refractivity (Wildman–Crippen MR) is 108 cm³/mol. The Balaban J connectivity index is 2.11. The molecule has 1 amide bonds. The Hall–Kier alpha value is -2.63. The van der Waals surface area contributed by atoms with Gasteiger partial charge in [0, 0.05) is 37.1 Å². The van der Waals surface area contributed by atoms with Gasteiger partial charge in [-0.05, 0) is 50.5 Å². The number of amides is 1. The van der Waals surface area contributed by atoms with Crippen molar-refractivity contribution in [1.82, 2.24) is 9.97 Å². The molecule has 2 aromatic rings. The van der Waals surface area contributed by atoms with Crippen molar-refractivity contribution < 1.29 is 4.79 Å². The van der Waals surface area contributed by atoms with Crippen LogP contribution in [-0.2, 0) is 0 Å². The number of aryl methyl sites for hydroxylation is 1. The van der Waals surface area contributed by atoms with Gasteiger partial charge in [-0.1, -0.05) is 13.8 Å². The fourth-order valence-corrected chi connectivity index (χ4v) is 2.65. The molecule has 0 aliphatic carbocycles. The van der Waals surface area contributed by atoms with Crippen molar-refractivity contribution in [3.05, 3.63) is 41.9 Å². The summed E-state index contributed by atoms with van der Waals surface area (Å²) in [7, 11) is 0. The fourth-order valence-electron chi connectivity index (χ4n) is 2.65. The monoisotopic (exact) mass is 355 g/mol. The molecule has 0 aliphatic heterocycles. The third kappa shape index (κ3) is 5.18. The van der Waals surface area contributed by atoms with Gasteiger partial charge < -0.3 is 15.5 Å². The molecule has 2 N–H and O–H groups in total. The molecule has 1 aromatic heterocycles. The maximum Gasteiger partial charge on any atom is 0.274 e. The van der Waals surface area contributed by atoms with E-state index in [-0.39, 0.29) is 5.91 Å². The standard InChI is InChI=1S/C20H29N5O/c1-6-25(7-2)16-8-9-17(15(5)10-16)24-20(26)18-11-19(23-13-22-18)21-12-14(3)4/h8-11,13-14H,6-7,12H2,1-5H3,(H,24,26)(H,21,22,23). The summed E-state index contributed by atoms with van der Waals surface area (Å²) >= 11 is 0. The summed E-state index contributed by atoms with van der Waals surface area (Å²) < 4.78 is 0. The Morgan fingerprint density at radius 3 is 2.50 bits per heavy atom. The second kappa shape index (κ2) is 9.17. The van der Waals surface area contributed by atoms with E-state index >= 15 is 0 Å². The first-order valence-electron chi connectivity index (χ1n) is 9.17. The zero-order chi connectivity index (χ0) is 19.1. The van der Waals surface area contributed by atoms with Gasteiger partial charge in [0.15, 0.2) is 0 Å². The molecule has 0 aliphatic rings. The van der Waals surface area contributed by atoms with Gasteiger partial charge in [-0.15, -0.1) is 0 Å². The van der Waals surface area contributed by atoms with Crippen molar-refractivity contribution >= 4 is 23.1 Å². The van der Waals surface area contributed by atoms with Crippen molar-refractivity contribution in [1.29, 1.82) is 0 Å². The van der Waals surface area contributed by atoms with Gasteiger partial charge in [0.1, 0.15) is 17.8 Å². The quantitative estimate of drug-likeness (QED) is 0.750. The predicted octanol–water partition coefficient (Wildman–Crippen LogP) is 3.95. The van der Waals surface area contributed by atoms with Crippen LogP contribution in [0, 0.1) is 12.8 Å². The maximum absolute atomic E-state index is 12.5. The summed E-state index contributed by atoms with van der Waals surface area (Å²) in [4.78, 5) is 23.1. The molecule has 0 saturated carbocycles. The first-order chi connectivity index (χ1) is 12.4. The average Bonchev–Trinajstić information content (AvgIpc) is 2.63. The van der Waals surface area contributed by atoms with Crippen LogP contribution in [0.1, 0.15) is 43.7 Å². The van der Waals surface area contributed by atoms with Crippen LogP contribution >= 0.6 is 0 Å². The first-order valence-corrected chi connectivity index (χ1v) is 9.17. The third-order valence-electron chi connectivity index (χ3n) is 4.18. The highest BCUT2D eigenvalue weighted by Gasteiger charge is 2.12. The van der Waals surface area contributed by atoms with Crippen LogP contribution in [0.4, 0.5) is 17.2 Å². The minimum atomic E-state index is -0.237. The highest BCUT2D eigenvalue weighted by molar-refractivity contribution is 6.03. The zero-order valence-corrected chi connectivity index (χ0v) is 16.3. The molecule has 140 valence electrons. The van der Waals surface area contributed by atoms with Gasteiger partial charge in [-0.3, -0.25) is 4.79 Å². The fraction of sp³-hybridized carbons (Fsp3) is 0.450.